The van der Waals surface area contributed by atoms with Crippen LogP contribution in [0.4, 0.5) is 23.1 Å². The molecule has 1 unspecified atom stereocenters. The van der Waals surface area contributed by atoms with Gasteiger partial charge in [0.25, 0.3) is 11.8 Å². The molecule has 2 aromatic rings. The molecule has 0 radical (unpaired) electrons. The van der Waals surface area contributed by atoms with Crippen LogP contribution in [-0.4, -0.2) is 59.9 Å². The van der Waals surface area contributed by atoms with Crippen molar-refractivity contribution in [2.45, 2.75) is 39.0 Å². The Labute approximate surface area is 181 Å². The number of rotatable bonds is 6. The zero-order valence-electron chi connectivity index (χ0n) is 18.6. The third-order valence-corrected chi connectivity index (χ3v) is 5.33. The van der Waals surface area contributed by atoms with Gasteiger partial charge >= 0.3 is 0 Å². The molecule has 2 heterocycles. The molecule has 1 aromatic carbocycles. The molecule has 0 spiro atoms. The number of hydrogen-bond acceptors (Lipinski definition) is 8. The van der Waals surface area contributed by atoms with E-state index < -0.39 is 11.6 Å². The monoisotopic (exact) mass is 428 g/mol. The molecule has 2 amide bonds. The first-order valence-corrected chi connectivity index (χ1v) is 10.0. The maximum atomic E-state index is 12.8. The highest BCUT2D eigenvalue weighted by molar-refractivity contribution is 6.06. The SMILES string of the molecule is CCC1(O)C(=O)N(C)c2cnc(Nc3ccc(C(=O)NC)cc3OC)nc2N1C(C)C. The minimum atomic E-state index is -1.70. The number of likely N-dealkylation sites (N-methyl/N-ethyl adjacent to an activating group) is 1. The van der Waals surface area contributed by atoms with Crippen molar-refractivity contribution >= 4 is 35.0 Å². The Morgan fingerprint density at radius 1 is 1.35 bits per heavy atom. The fraction of sp³-hybridized carbons (Fsp3) is 0.429. The molecule has 1 aliphatic rings. The van der Waals surface area contributed by atoms with E-state index in [0.717, 1.165) is 0 Å². The van der Waals surface area contributed by atoms with Crippen molar-refractivity contribution in [2.24, 2.45) is 0 Å². The number of aromatic nitrogens is 2. The van der Waals surface area contributed by atoms with Gasteiger partial charge in [0.1, 0.15) is 11.4 Å². The molecule has 0 bridgehead atoms. The summed E-state index contributed by atoms with van der Waals surface area (Å²) in [5, 5.41) is 16.8. The standard InChI is InChI=1S/C21H28N6O4/c1-7-21(30)19(29)26(5)15-11-23-20(25-17(15)27(21)12(2)3)24-14-9-8-13(18(28)22-4)10-16(14)31-6/h8-12,30H,7H2,1-6H3,(H,22,28)(H,23,24,25). The fourth-order valence-corrected chi connectivity index (χ4v) is 3.69. The van der Waals surface area contributed by atoms with E-state index in [4.69, 9.17) is 4.74 Å². The lowest BCUT2D eigenvalue weighted by Crippen LogP contribution is -2.65. The number of nitrogens with one attached hydrogen (secondary N) is 2. The van der Waals surface area contributed by atoms with Gasteiger partial charge < -0.3 is 30.3 Å². The summed E-state index contributed by atoms with van der Waals surface area (Å²) in [5.74, 6) is 0.498. The molecule has 3 rings (SSSR count). The number of carbonyl (C=O) groups is 2. The molecular formula is C21H28N6O4. The van der Waals surface area contributed by atoms with Crippen LogP contribution < -0.4 is 25.2 Å². The largest absolute Gasteiger partial charge is 0.495 e. The minimum Gasteiger partial charge on any atom is -0.495 e. The molecule has 1 aromatic heterocycles. The van der Waals surface area contributed by atoms with Gasteiger partial charge in [0.15, 0.2) is 5.82 Å². The second-order valence-electron chi connectivity index (χ2n) is 7.52. The molecule has 0 saturated carbocycles. The van der Waals surface area contributed by atoms with Crippen molar-refractivity contribution in [1.82, 2.24) is 15.3 Å². The number of anilines is 4. The molecule has 10 nitrogen and oxygen atoms in total. The van der Waals surface area contributed by atoms with Crippen LogP contribution in [0.25, 0.3) is 0 Å². The van der Waals surface area contributed by atoms with Gasteiger partial charge in [-0.15, -0.1) is 0 Å². The molecule has 3 N–H and O–H groups in total. The molecule has 10 heteroatoms. The van der Waals surface area contributed by atoms with Gasteiger partial charge in [-0.2, -0.15) is 4.98 Å². The van der Waals surface area contributed by atoms with Crippen molar-refractivity contribution < 1.29 is 19.4 Å². The average Bonchev–Trinajstić information content (AvgIpc) is 2.77. The molecule has 1 atom stereocenters. The van der Waals surface area contributed by atoms with Crippen LogP contribution in [0.1, 0.15) is 37.6 Å². The lowest BCUT2D eigenvalue weighted by atomic mass is 10.0. The number of fused-ring (bicyclic) bond motifs is 1. The molecule has 1 aliphatic heterocycles. The Morgan fingerprint density at radius 3 is 2.65 bits per heavy atom. The summed E-state index contributed by atoms with van der Waals surface area (Å²) in [6.45, 7) is 5.53. The summed E-state index contributed by atoms with van der Waals surface area (Å²) in [4.78, 5) is 36.6. The lowest BCUT2D eigenvalue weighted by Gasteiger charge is -2.47. The third-order valence-electron chi connectivity index (χ3n) is 5.33. The zero-order valence-corrected chi connectivity index (χ0v) is 18.6. The minimum absolute atomic E-state index is 0.189. The quantitative estimate of drug-likeness (QED) is 0.638. The molecule has 0 saturated heterocycles. The van der Waals surface area contributed by atoms with E-state index in [1.165, 1.54) is 12.0 Å². The topological polar surface area (TPSA) is 120 Å². The average molecular weight is 428 g/mol. The van der Waals surface area contributed by atoms with Crippen molar-refractivity contribution in [2.75, 3.05) is 36.3 Å². The zero-order chi connectivity index (χ0) is 22.9. The third kappa shape index (κ3) is 3.74. The van der Waals surface area contributed by atoms with Gasteiger partial charge in [-0.3, -0.25) is 9.59 Å². The Balaban J connectivity index is 2.04. The number of methoxy groups -OCH3 is 1. The van der Waals surface area contributed by atoms with Crippen molar-refractivity contribution in [3.63, 3.8) is 0 Å². The number of amides is 2. The van der Waals surface area contributed by atoms with E-state index >= 15 is 0 Å². The Morgan fingerprint density at radius 2 is 2.06 bits per heavy atom. The fourth-order valence-electron chi connectivity index (χ4n) is 3.69. The van der Waals surface area contributed by atoms with Crippen LogP contribution >= 0.6 is 0 Å². The van der Waals surface area contributed by atoms with E-state index in [0.29, 0.717) is 28.5 Å². The number of hydrogen-bond donors (Lipinski definition) is 3. The first-order chi connectivity index (χ1) is 14.7. The van der Waals surface area contributed by atoms with Crippen LogP contribution in [0.3, 0.4) is 0 Å². The summed E-state index contributed by atoms with van der Waals surface area (Å²) >= 11 is 0. The predicted molar refractivity (Wildman–Crippen MR) is 118 cm³/mol. The van der Waals surface area contributed by atoms with Gasteiger partial charge in [-0.25, -0.2) is 4.98 Å². The first-order valence-electron chi connectivity index (χ1n) is 10.0. The van der Waals surface area contributed by atoms with E-state index in [1.54, 1.807) is 50.3 Å². The highest BCUT2D eigenvalue weighted by Gasteiger charge is 2.50. The maximum Gasteiger partial charge on any atom is 0.280 e. The number of aliphatic hydroxyl groups is 1. The Bertz CT molecular complexity index is 1010. The number of benzene rings is 1. The summed E-state index contributed by atoms with van der Waals surface area (Å²) in [6, 6.07) is 4.78. The summed E-state index contributed by atoms with van der Waals surface area (Å²) in [5.41, 5.74) is -0.175. The van der Waals surface area contributed by atoms with Crippen LogP contribution in [-0.2, 0) is 4.79 Å². The summed E-state index contributed by atoms with van der Waals surface area (Å²) < 4.78 is 5.41. The summed E-state index contributed by atoms with van der Waals surface area (Å²) in [6.07, 6.45) is 1.74. The first kappa shape index (κ1) is 22.3. The molecule has 31 heavy (non-hydrogen) atoms. The smallest absolute Gasteiger partial charge is 0.280 e. The van der Waals surface area contributed by atoms with E-state index in [2.05, 4.69) is 20.6 Å². The van der Waals surface area contributed by atoms with Gasteiger partial charge in [0.2, 0.25) is 11.7 Å². The second-order valence-corrected chi connectivity index (χ2v) is 7.52. The molecule has 0 aliphatic carbocycles. The highest BCUT2D eigenvalue weighted by Crippen LogP contribution is 2.40. The van der Waals surface area contributed by atoms with Crippen LogP contribution in [0.15, 0.2) is 24.4 Å². The van der Waals surface area contributed by atoms with Crippen molar-refractivity contribution in [1.29, 1.82) is 0 Å². The molecule has 0 fully saturated rings. The van der Waals surface area contributed by atoms with Gasteiger partial charge in [-0.1, -0.05) is 6.92 Å². The highest BCUT2D eigenvalue weighted by atomic mass is 16.5. The van der Waals surface area contributed by atoms with Gasteiger partial charge in [0, 0.05) is 32.1 Å². The van der Waals surface area contributed by atoms with Crippen molar-refractivity contribution in [3.05, 3.63) is 30.0 Å². The molecular weight excluding hydrogens is 400 g/mol. The normalized spacial score (nSPS) is 18.1. The summed E-state index contributed by atoms with van der Waals surface area (Å²) in [7, 11) is 4.66. The Hall–Kier alpha value is -3.40. The van der Waals surface area contributed by atoms with Gasteiger partial charge in [-0.05, 0) is 32.0 Å². The van der Waals surface area contributed by atoms with E-state index in [9.17, 15) is 14.7 Å². The number of carbonyl (C=O) groups excluding carboxylic acids is 2. The lowest BCUT2D eigenvalue weighted by molar-refractivity contribution is -0.138. The second kappa shape index (κ2) is 8.38. The van der Waals surface area contributed by atoms with Crippen LogP contribution in [0, 0.1) is 0 Å². The van der Waals surface area contributed by atoms with E-state index in [1.807, 2.05) is 13.8 Å². The molecule has 166 valence electrons. The number of ether oxygens (including phenoxy) is 1. The predicted octanol–water partition coefficient (Wildman–Crippen LogP) is 1.88. The van der Waals surface area contributed by atoms with Gasteiger partial charge in [0.05, 0.1) is 19.0 Å². The van der Waals surface area contributed by atoms with Crippen molar-refractivity contribution in [3.8, 4) is 5.75 Å². The van der Waals surface area contributed by atoms with Crippen LogP contribution in [0.2, 0.25) is 0 Å². The maximum absolute atomic E-state index is 12.8. The Kier molecular flexibility index (Phi) is 6.03. The number of nitrogens with zero attached hydrogens (tertiary/aromatic N) is 4. The van der Waals surface area contributed by atoms with E-state index in [-0.39, 0.29) is 24.3 Å². The van der Waals surface area contributed by atoms with Crippen LogP contribution in [0.5, 0.6) is 5.75 Å².